The Kier molecular flexibility index (Phi) is 3.15. The van der Waals surface area contributed by atoms with Gasteiger partial charge in [-0.3, -0.25) is 0 Å². The zero-order valence-electron chi connectivity index (χ0n) is 16.2. The van der Waals surface area contributed by atoms with E-state index in [-0.39, 0.29) is 36.1 Å². The molecule has 27 heavy (non-hydrogen) atoms. The fourth-order valence-corrected chi connectivity index (χ4v) is 8.24. The molecular formula is C22H29NO4. The van der Waals surface area contributed by atoms with Gasteiger partial charge in [-0.1, -0.05) is 12.1 Å². The van der Waals surface area contributed by atoms with Gasteiger partial charge in [0.2, 0.25) is 0 Å². The minimum Gasteiger partial charge on any atom is -0.486 e. The van der Waals surface area contributed by atoms with Crippen molar-refractivity contribution in [3.05, 3.63) is 28.8 Å². The van der Waals surface area contributed by atoms with Crippen LogP contribution in [0.25, 0.3) is 0 Å². The first-order valence-corrected chi connectivity index (χ1v) is 10.4. The van der Waals surface area contributed by atoms with Crippen LogP contribution in [0, 0.1) is 11.3 Å². The molecule has 4 fully saturated rings. The highest BCUT2D eigenvalue weighted by molar-refractivity contribution is 5.61. The second kappa shape index (κ2) is 5.07. The van der Waals surface area contributed by atoms with E-state index in [1.807, 2.05) is 6.07 Å². The zero-order chi connectivity index (χ0) is 18.6. The number of methoxy groups -OCH3 is 1. The maximum atomic E-state index is 10.3. The van der Waals surface area contributed by atoms with Crippen LogP contribution in [0.1, 0.15) is 42.4 Å². The molecule has 1 aromatic carbocycles. The lowest BCUT2D eigenvalue weighted by molar-refractivity contribution is -0.279. The highest BCUT2D eigenvalue weighted by Gasteiger charge is 2.80. The molecule has 146 valence electrons. The third-order valence-corrected chi connectivity index (χ3v) is 9.26. The number of rotatable bonds is 3. The Bertz CT molecular complexity index is 827. The monoisotopic (exact) mass is 371 g/mol. The summed E-state index contributed by atoms with van der Waals surface area (Å²) in [4.78, 5) is 2.56. The van der Waals surface area contributed by atoms with Crippen molar-refractivity contribution in [2.75, 3.05) is 27.3 Å². The van der Waals surface area contributed by atoms with Crippen LogP contribution in [0.3, 0.4) is 0 Å². The number of nitrogens with zero attached hydrogens (tertiary/aromatic N) is 1. The van der Waals surface area contributed by atoms with Crippen LogP contribution in [-0.4, -0.2) is 60.2 Å². The number of benzene rings is 1. The van der Waals surface area contributed by atoms with Gasteiger partial charge in [0.05, 0.1) is 6.61 Å². The molecule has 0 aromatic heterocycles. The number of ether oxygens (including phenoxy) is 2. The number of likely N-dealkylation sites (tertiary alicyclic amines) is 1. The zero-order valence-corrected chi connectivity index (χ0v) is 16.2. The molecule has 1 saturated heterocycles. The summed E-state index contributed by atoms with van der Waals surface area (Å²) in [7, 11) is 4.07. The molecule has 0 amide bonds. The van der Waals surface area contributed by atoms with E-state index in [2.05, 4.69) is 18.0 Å². The summed E-state index contributed by atoms with van der Waals surface area (Å²) >= 11 is 0. The van der Waals surface area contributed by atoms with Gasteiger partial charge in [-0.15, -0.1) is 0 Å². The molecule has 4 bridgehead atoms. The number of fused-ring (bicyclic) bond motifs is 2. The van der Waals surface area contributed by atoms with E-state index in [0.29, 0.717) is 6.04 Å². The molecule has 2 N–H and O–H groups in total. The van der Waals surface area contributed by atoms with Gasteiger partial charge in [-0.2, -0.15) is 0 Å². The maximum Gasteiger partial charge on any atom is 0.138 e. The molecule has 0 radical (unpaired) electrons. The van der Waals surface area contributed by atoms with E-state index >= 15 is 0 Å². The summed E-state index contributed by atoms with van der Waals surface area (Å²) in [5, 5.41) is 20.3. The van der Waals surface area contributed by atoms with E-state index < -0.39 is 5.60 Å². The van der Waals surface area contributed by atoms with Gasteiger partial charge in [0.15, 0.2) is 0 Å². The first-order chi connectivity index (χ1) is 13.1. The first-order valence-electron chi connectivity index (χ1n) is 10.4. The number of likely N-dealkylation sites (N-methyl/N-ethyl adjacent to an activating group) is 1. The molecule has 6 aliphatic rings. The molecule has 2 aliphatic heterocycles. The van der Waals surface area contributed by atoms with Crippen molar-refractivity contribution in [3.63, 3.8) is 0 Å². The summed E-state index contributed by atoms with van der Waals surface area (Å²) in [6, 6.07) is 4.75. The fourth-order valence-electron chi connectivity index (χ4n) is 8.24. The van der Waals surface area contributed by atoms with E-state index in [1.165, 1.54) is 11.1 Å². The van der Waals surface area contributed by atoms with Crippen LogP contribution < -0.4 is 4.74 Å². The lowest BCUT2D eigenvalue weighted by Gasteiger charge is -2.73. The Morgan fingerprint density at radius 1 is 1.26 bits per heavy atom. The molecule has 5 nitrogen and oxygen atoms in total. The fraction of sp³-hybridized carbons (Fsp3) is 0.727. The number of aliphatic hydroxyl groups excluding tert-OH is 2. The first kappa shape index (κ1) is 16.8. The normalized spacial score (nSPS) is 46.3. The summed E-state index contributed by atoms with van der Waals surface area (Å²) in [6.07, 6.45) is 5.14. The molecule has 2 spiro atoms. The average Bonchev–Trinajstić information content (AvgIpc) is 3.07. The van der Waals surface area contributed by atoms with Gasteiger partial charge in [-0.25, -0.2) is 0 Å². The Labute approximate surface area is 160 Å². The molecule has 3 saturated carbocycles. The van der Waals surface area contributed by atoms with E-state index in [0.717, 1.165) is 50.0 Å². The van der Waals surface area contributed by atoms with Crippen molar-refractivity contribution in [2.45, 2.75) is 61.9 Å². The number of piperidine rings is 1. The average molecular weight is 371 g/mol. The van der Waals surface area contributed by atoms with Crippen LogP contribution >= 0.6 is 0 Å². The van der Waals surface area contributed by atoms with Gasteiger partial charge >= 0.3 is 0 Å². The second-order valence-electron chi connectivity index (χ2n) is 9.56. The second-order valence-corrected chi connectivity index (χ2v) is 9.56. The van der Waals surface area contributed by atoms with Crippen molar-refractivity contribution in [1.82, 2.24) is 4.90 Å². The van der Waals surface area contributed by atoms with Crippen LogP contribution in [0.4, 0.5) is 0 Å². The Hall–Kier alpha value is -1.14. The van der Waals surface area contributed by atoms with Crippen LogP contribution in [0.15, 0.2) is 12.1 Å². The van der Waals surface area contributed by atoms with E-state index in [1.54, 1.807) is 7.11 Å². The Morgan fingerprint density at radius 2 is 2.11 bits per heavy atom. The summed E-state index contributed by atoms with van der Waals surface area (Å²) in [6.45, 7) is 1.22. The standard InChI is InChI=1S/C22H29NO4/c1-23-8-7-21-17-13-3-4-14(11-24)18(17)27-19(21)22(26-2)6-5-20(21,16(23)9-13)10-15(22)12-25/h3-4,15-16,19,24-25H,5-12H2,1-2H3/t15-,16-,19?,20-,21+,22-/m1/s1. The molecule has 4 aliphatic carbocycles. The molecule has 6 atom stereocenters. The SMILES string of the molecule is CO[C@]12CC[C@@]3(C[C@@H]1CO)[C@H]1Cc4ccc(CO)c5c4[C@@]3(CCN1C)C2O5. The summed E-state index contributed by atoms with van der Waals surface area (Å²) in [5.41, 5.74) is 3.32. The largest absolute Gasteiger partial charge is 0.486 e. The lowest BCUT2D eigenvalue weighted by Crippen LogP contribution is -2.81. The predicted octanol–water partition coefficient (Wildman–Crippen LogP) is 1.62. The van der Waals surface area contributed by atoms with Crippen molar-refractivity contribution in [1.29, 1.82) is 0 Å². The van der Waals surface area contributed by atoms with Gasteiger partial charge in [-0.05, 0) is 51.3 Å². The van der Waals surface area contributed by atoms with Crippen LogP contribution in [-0.2, 0) is 23.2 Å². The summed E-state index contributed by atoms with van der Waals surface area (Å²) in [5.74, 6) is 1.03. The minimum atomic E-state index is -0.433. The van der Waals surface area contributed by atoms with Gasteiger partial charge in [0.1, 0.15) is 17.5 Å². The predicted molar refractivity (Wildman–Crippen MR) is 99.8 cm³/mol. The molecular weight excluding hydrogens is 342 g/mol. The van der Waals surface area contributed by atoms with Gasteiger partial charge < -0.3 is 24.6 Å². The van der Waals surface area contributed by atoms with Crippen molar-refractivity contribution < 1.29 is 19.7 Å². The maximum absolute atomic E-state index is 10.3. The van der Waals surface area contributed by atoms with E-state index in [9.17, 15) is 10.2 Å². The number of hydrogen-bond donors (Lipinski definition) is 2. The molecule has 7 rings (SSSR count). The minimum absolute atomic E-state index is 0.00511. The molecule has 1 aromatic rings. The molecule has 1 unspecified atom stereocenters. The smallest absolute Gasteiger partial charge is 0.138 e. The van der Waals surface area contributed by atoms with Crippen molar-refractivity contribution >= 4 is 0 Å². The third kappa shape index (κ3) is 1.54. The van der Waals surface area contributed by atoms with Crippen molar-refractivity contribution in [2.24, 2.45) is 11.3 Å². The summed E-state index contributed by atoms with van der Waals surface area (Å²) < 4.78 is 13.0. The number of hydrogen-bond acceptors (Lipinski definition) is 5. The van der Waals surface area contributed by atoms with Crippen LogP contribution in [0.2, 0.25) is 0 Å². The number of aliphatic hydroxyl groups is 2. The van der Waals surface area contributed by atoms with E-state index in [4.69, 9.17) is 9.47 Å². The van der Waals surface area contributed by atoms with Crippen LogP contribution in [0.5, 0.6) is 5.75 Å². The lowest BCUT2D eigenvalue weighted by atomic mass is 9.35. The third-order valence-electron chi connectivity index (χ3n) is 9.26. The van der Waals surface area contributed by atoms with Crippen molar-refractivity contribution in [3.8, 4) is 5.75 Å². The van der Waals surface area contributed by atoms with Gasteiger partial charge in [0, 0.05) is 47.6 Å². The Morgan fingerprint density at radius 3 is 2.85 bits per heavy atom. The highest BCUT2D eigenvalue weighted by Crippen LogP contribution is 2.76. The quantitative estimate of drug-likeness (QED) is 0.845. The topological polar surface area (TPSA) is 62.2 Å². The Balaban J connectivity index is 1.69. The van der Waals surface area contributed by atoms with Gasteiger partial charge in [0.25, 0.3) is 0 Å². The molecule has 5 heteroatoms. The highest BCUT2D eigenvalue weighted by atomic mass is 16.6. The molecule has 2 heterocycles.